The van der Waals surface area contributed by atoms with E-state index in [9.17, 15) is 0 Å². The van der Waals surface area contributed by atoms with Crippen LogP contribution >= 0.6 is 0 Å². The van der Waals surface area contributed by atoms with Crippen LogP contribution in [0.25, 0.3) is 0 Å². The van der Waals surface area contributed by atoms with Gasteiger partial charge in [0.05, 0.1) is 0 Å². The van der Waals surface area contributed by atoms with E-state index in [4.69, 9.17) is 4.74 Å². The van der Waals surface area contributed by atoms with E-state index < -0.39 is 0 Å². The third-order valence-electron chi connectivity index (χ3n) is 2.19. The Kier molecular flexibility index (Phi) is 4.19. The van der Waals surface area contributed by atoms with Crippen molar-refractivity contribution < 1.29 is 4.74 Å². The number of benzene rings is 1. The first kappa shape index (κ1) is 12.1. The van der Waals surface area contributed by atoms with Crippen LogP contribution in [-0.4, -0.2) is 5.60 Å². The Morgan fingerprint density at radius 1 is 1.13 bits per heavy atom. The highest BCUT2D eigenvalue weighted by Gasteiger charge is 2.13. The number of para-hydroxylation sites is 1. The first-order valence-electron chi connectivity index (χ1n) is 5.80. The average Bonchev–Trinajstić information content (AvgIpc) is 2.14. The van der Waals surface area contributed by atoms with Crippen LogP contribution < -0.4 is 4.74 Å². The summed E-state index contributed by atoms with van der Waals surface area (Å²) in [5.74, 6) is 1.04. The van der Waals surface area contributed by atoms with Gasteiger partial charge in [-0.3, -0.25) is 0 Å². The summed E-state index contributed by atoms with van der Waals surface area (Å²) in [7, 11) is 0. The van der Waals surface area contributed by atoms with Crippen LogP contribution in [0.1, 0.15) is 46.1 Å². The number of hydrogen-bond donors (Lipinski definition) is 0. The van der Waals surface area contributed by atoms with Gasteiger partial charge in [0.15, 0.2) is 0 Å². The van der Waals surface area contributed by atoms with Crippen LogP contribution in [0.2, 0.25) is 0 Å². The van der Waals surface area contributed by atoms with Crippen molar-refractivity contribution in [2.45, 2.75) is 52.6 Å². The second-order valence-electron chi connectivity index (χ2n) is 4.93. The van der Waals surface area contributed by atoms with Gasteiger partial charge in [0, 0.05) is 0 Å². The zero-order chi connectivity index (χ0) is 11.3. The molecular formula is C14H22O. The Morgan fingerprint density at radius 3 is 2.40 bits per heavy atom. The second kappa shape index (κ2) is 5.20. The van der Waals surface area contributed by atoms with Gasteiger partial charge in [0.2, 0.25) is 0 Å². The molecule has 0 saturated heterocycles. The van der Waals surface area contributed by atoms with Crippen LogP contribution in [-0.2, 0) is 6.42 Å². The van der Waals surface area contributed by atoms with Crippen molar-refractivity contribution >= 4 is 0 Å². The van der Waals surface area contributed by atoms with Gasteiger partial charge >= 0.3 is 0 Å². The van der Waals surface area contributed by atoms with E-state index in [0.717, 1.165) is 12.2 Å². The minimum atomic E-state index is -0.109. The second-order valence-corrected chi connectivity index (χ2v) is 4.93. The lowest BCUT2D eigenvalue weighted by atomic mass is 10.1. The van der Waals surface area contributed by atoms with Crippen LogP contribution in [0.15, 0.2) is 24.3 Å². The Labute approximate surface area is 93.5 Å². The standard InChI is InChI=1S/C14H22O/c1-5-6-9-12-10-7-8-11-13(12)15-14(2,3)4/h7-8,10-11H,5-6,9H2,1-4H3. The van der Waals surface area contributed by atoms with Crippen molar-refractivity contribution in [1.29, 1.82) is 0 Å². The molecule has 0 atom stereocenters. The molecule has 0 saturated carbocycles. The Hall–Kier alpha value is -0.980. The summed E-state index contributed by atoms with van der Waals surface area (Å²) in [6.45, 7) is 8.48. The average molecular weight is 206 g/mol. The predicted molar refractivity (Wildman–Crippen MR) is 65.4 cm³/mol. The molecular weight excluding hydrogens is 184 g/mol. The van der Waals surface area contributed by atoms with E-state index >= 15 is 0 Å². The molecule has 15 heavy (non-hydrogen) atoms. The van der Waals surface area contributed by atoms with E-state index in [2.05, 4.69) is 45.9 Å². The largest absolute Gasteiger partial charge is 0.488 e. The number of aryl methyl sites for hydroxylation is 1. The third kappa shape index (κ3) is 4.37. The zero-order valence-electron chi connectivity index (χ0n) is 10.3. The normalized spacial score (nSPS) is 11.5. The molecule has 0 spiro atoms. The third-order valence-corrected chi connectivity index (χ3v) is 2.19. The molecule has 0 aliphatic rings. The van der Waals surface area contributed by atoms with E-state index in [1.54, 1.807) is 0 Å². The Morgan fingerprint density at radius 2 is 1.80 bits per heavy atom. The van der Waals surface area contributed by atoms with Crippen molar-refractivity contribution in [3.63, 3.8) is 0 Å². The van der Waals surface area contributed by atoms with E-state index in [1.807, 2.05) is 6.07 Å². The van der Waals surface area contributed by atoms with Crippen molar-refractivity contribution in [3.05, 3.63) is 29.8 Å². The lowest BCUT2D eigenvalue weighted by molar-refractivity contribution is 0.129. The summed E-state index contributed by atoms with van der Waals surface area (Å²) < 4.78 is 5.93. The molecule has 1 nitrogen and oxygen atoms in total. The minimum Gasteiger partial charge on any atom is -0.488 e. The summed E-state index contributed by atoms with van der Waals surface area (Å²) in [4.78, 5) is 0. The minimum absolute atomic E-state index is 0.109. The molecule has 0 radical (unpaired) electrons. The summed E-state index contributed by atoms with van der Waals surface area (Å²) in [5, 5.41) is 0. The van der Waals surface area contributed by atoms with E-state index in [1.165, 1.54) is 18.4 Å². The van der Waals surface area contributed by atoms with Crippen LogP contribution in [0.3, 0.4) is 0 Å². The molecule has 0 unspecified atom stereocenters. The molecule has 1 aromatic rings. The Balaban J connectivity index is 2.77. The quantitative estimate of drug-likeness (QED) is 0.717. The molecule has 0 amide bonds. The molecule has 1 rings (SSSR count). The lowest BCUT2D eigenvalue weighted by Crippen LogP contribution is -2.23. The molecule has 0 aromatic heterocycles. The van der Waals surface area contributed by atoms with Crippen molar-refractivity contribution in [2.24, 2.45) is 0 Å². The monoisotopic (exact) mass is 206 g/mol. The van der Waals surface area contributed by atoms with Crippen molar-refractivity contribution in [2.75, 3.05) is 0 Å². The molecule has 0 aliphatic heterocycles. The molecule has 1 heteroatoms. The molecule has 1 aromatic carbocycles. The topological polar surface area (TPSA) is 9.23 Å². The fourth-order valence-electron chi connectivity index (χ4n) is 1.51. The summed E-state index contributed by atoms with van der Waals surface area (Å²) in [5.41, 5.74) is 1.22. The van der Waals surface area contributed by atoms with Gasteiger partial charge in [-0.05, 0) is 45.2 Å². The van der Waals surface area contributed by atoms with Gasteiger partial charge in [0.25, 0.3) is 0 Å². The molecule has 84 valence electrons. The molecule has 0 heterocycles. The number of hydrogen-bond acceptors (Lipinski definition) is 1. The van der Waals surface area contributed by atoms with Gasteiger partial charge < -0.3 is 4.74 Å². The molecule has 0 bridgehead atoms. The van der Waals surface area contributed by atoms with Gasteiger partial charge in [-0.2, -0.15) is 0 Å². The first-order valence-corrected chi connectivity index (χ1v) is 5.80. The molecule has 0 N–H and O–H groups in total. The maximum atomic E-state index is 5.93. The predicted octanol–water partition coefficient (Wildman–Crippen LogP) is 4.21. The van der Waals surface area contributed by atoms with E-state index in [0.29, 0.717) is 0 Å². The lowest BCUT2D eigenvalue weighted by Gasteiger charge is -2.23. The van der Waals surface area contributed by atoms with Crippen molar-refractivity contribution in [1.82, 2.24) is 0 Å². The highest BCUT2D eigenvalue weighted by molar-refractivity contribution is 5.33. The van der Waals surface area contributed by atoms with Crippen LogP contribution in [0, 0.1) is 0 Å². The Bertz CT molecular complexity index is 296. The molecule has 0 fully saturated rings. The van der Waals surface area contributed by atoms with Gasteiger partial charge in [-0.15, -0.1) is 0 Å². The van der Waals surface area contributed by atoms with Crippen LogP contribution in [0.4, 0.5) is 0 Å². The number of rotatable bonds is 4. The first-order chi connectivity index (χ1) is 7.03. The van der Waals surface area contributed by atoms with Gasteiger partial charge in [-0.1, -0.05) is 31.5 Å². The molecule has 0 aliphatic carbocycles. The fourth-order valence-corrected chi connectivity index (χ4v) is 1.51. The summed E-state index contributed by atoms with van der Waals surface area (Å²) >= 11 is 0. The maximum absolute atomic E-state index is 5.93. The van der Waals surface area contributed by atoms with Gasteiger partial charge in [0.1, 0.15) is 11.4 Å². The fraction of sp³-hybridized carbons (Fsp3) is 0.571. The summed E-state index contributed by atoms with van der Waals surface area (Å²) in [6.07, 6.45) is 3.57. The highest BCUT2D eigenvalue weighted by atomic mass is 16.5. The SMILES string of the molecule is CCCCc1ccccc1OC(C)(C)C. The number of unbranched alkanes of at least 4 members (excludes halogenated alkanes) is 1. The maximum Gasteiger partial charge on any atom is 0.123 e. The highest BCUT2D eigenvalue weighted by Crippen LogP contribution is 2.24. The van der Waals surface area contributed by atoms with Crippen molar-refractivity contribution in [3.8, 4) is 5.75 Å². The van der Waals surface area contributed by atoms with Gasteiger partial charge in [-0.25, -0.2) is 0 Å². The van der Waals surface area contributed by atoms with Crippen LogP contribution in [0.5, 0.6) is 5.75 Å². The smallest absolute Gasteiger partial charge is 0.123 e. The number of ether oxygens (including phenoxy) is 1. The van der Waals surface area contributed by atoms with E-state index in [-0.39, 0.29) is 5.60 Å². The summed E-state index contributed by atoms with van der Waals surface area (Å²) in [6, 6.07) is 8.35. The zero-order valence-corrected chi connectivity index (χ0v) is 10.3.